The summed E-state index contributed by atoms with van der Waals surface area (Å²) in [7, 11) is 0. The Kier molecular flexibility index (Phi) is 5.40. The summed E-state index contributed by atoms with van der Waals surface area (Å²) in [4.78, 5) is 11.5. The molecule has 1 fully saturated rings. The molecule has 0 aliphatic carbocycles. The number of halogens is 1. The molecule has 140 valence electrons. The number of piperidine rings is 1. The first-order valence-corrected chi connectivity index (χ1v) is 8.56. The predicted octanol–water partition coefficient (Wildman–Crippen LogP) is 1.43. The number of anilines is 1. The molecule has 0 radical (unpaired) electrons. The van der Waals surface area contributed by atoms with Gasteiger partial charge in [0.15, 0.2) is 17.3 Å². The first-order chi connectivity index (χ1) is 12.2. The van der Waals surface area contributed by atoms with Crippen LogP contribution in [0.1, 0.15) is 25.3 Å². The van der Waals surface area contributed by atoms with Crippen molar-refractivity contribution in [3.63, 3.8) is 0 Å². The van der Waals surface area contributed by atoms with Crippen LogP contribution in [0.3, 0.4) is 0 Å². The van der Waals surface area contributed by atoms with E-state index in [9.17, 15) is 0 Å². The van der Waals surface area contributed by atoms with E-state index in [2.05, 4.69) is 36.7 Å². The van der Waals surface area contributed by atoms with Crippen molar-refractivity contribution < 1.29 is 4.63 Å². The van der Waals surface area contributed by atoms with Gasteiger partial charge in [0, 0.05) is 30.9 Å². The van der Waals surface area contributed by atoms with Crippen LogP contribution in [-0.2, 0) is 13.1 Å². The lowest BCUT2D eigenvalue weighted by molar-refractivity contribution is 0.206. The summed E-state index contributed by atoms with van der Waals surface area (Å²) in [6, 6.07) is 0.320. The van der Waals surface area contributed by atoms with Gasteiger partial charge in [-0.05, 0) is 43.2 Å². The first-order valence-electron chi connectivity index (χ1n) is 8.56. The summed E-state index contributed by atoms with van der Waals surface area (Å²) < 4.78 is 6.84. The molecule has 1 aliphatic rings. The highest BCUT2D eigenvalue weighted by Gasteiger charge is 2.22. The lowest BCUT2D eigenvalue weighted by atomic mass is 10.1. The standard InChI is InChI=1S/C16H22N8O.ClH/c1-2-24-14-10(9-23-5-3-11(17)4-6-23)7-19-8-12(14)20-16(24)13-15(18)22-25-21-13;/h7-8,11H,2-6,9,17H2,1H3,(H2,18,22);1H. The van der Waals surface area contributed by atoms with Crippen molar-refractivity contribution in [2.45, 2.75) is 38.9 Å². The highest BCUT2D eigenvalue weighted by atomic mass is 35.5. The minimum Gasteiger partial charge on any atom is -0.379 e. The molecule has 4 N–H and O–H groups in total. The molecular formula is C16H23ClN8O. The van der Waals surface area contributed by atoms with Gasteiger partial charge in [-0.2, -0.15) is 0 Å². The summed E-state index contributed by atoms with van der Waals surface area (Å²) in [6.45, 7) is 5.64. The Morgan fingerprint density at radius 3 is 2.65 bits per heavy atom. The van der Waals surface area contributed by atoms with Crippen molar-refractivity contribution in [1.29, 1.82) is 0 Å². The van der Waals surface area contributed by atoms with Crippen LogP contribution in [0.25, 0.3) is 22.6 Å². The van der Waals surface area contributed by atoms with Crippen LogP contribution in [0.5, 0.6) is 0 Å². The summed E-state index contributed by atoms with van der Waals surface area (Å²) in [6.07, 6.45) is 5.74. The van der Waals surface area contributed by atoms with Crippen LogP contribution >= 0.6 is 12.4 Å². The quantitative estimate of drug-likeness (QED) is 0.698. The van der Waals surface area contributed by atoms with Gasteiger partial charge in [0.1, 0.15) is 5.52 Å². The van der Waals surface area contributed by atoms with Crippen LogP contribution in [0.15, 0.2) is 17.0 Å². The molecule has 0 atom stereocenters. The SMILES string of the molecule is CCn1c(-c2nonc2N)nc2cncc(CN3CCC(N)CC3)c21.Cl. The second-order valence-corrected chi connectivity index (χ2v) is 6.46. The number of likely N-dealkylation sites (tertiary alicyclic amines) is 1. The Morgan fingerprint density at radius 1 is 1.23 bits per heavy atom. The van der Waals surface area contributed by atoms with E-state index in [0.717, 1.165) is 55.6 Å². The van der Waals surface area contributed by atoms with Gasteiger partial charge < -0.3 is 16.0 Å². The lowest BCUT2D eigenvalue weighted by Crippen LogP contribution is -2.39. The van der Waals surface area contributed by atoms with Gasteiger partial charge in [-0.3, -0.25) is 9.88 Å². The van der Waals surface area contributed by atoms with E-state index in [1.54, 1.807) is 6.20 Å². The number of nitrogen functional groups attached to an aromatic ring is 1. The maximum absolute atomic E-state index is 6.01. The Bertz CT molecular complexity index is 884. The fourth-order valence-electron chi connectivity index (χ4n) is 3.47. The molecule has 26 heavy (non-hydrogen) atoms. The number of hydrogen-bond donors (Lipinski definition) is 2. The summed E-state index contributed by atoms with van der Waals surface area (Å²) in [5, 5.41) is 7.57. The van der Waals surface area contributed by atoms with Gasteiger partial charge in [0.05, 0.1) is 11.7 Å². The Labute approximate surface area is 157 Å². The van der Waals surface area contributed by atoms with Crippen LogP contribution in [0.4, 0.5) is 5.82 Å². The summed E-state index contributed by atoms with van der Waals surface area (Å²) in [5.74, 6) is 0.899. The van der Waals surface area contributed by atoms with Crippen LogP contribution in [0, 0.1) is 0 Å². The Hall–Kier alpha value is -2.23. The number of imidazole rings is 1. The molecule has 10 heteroatoms. The fraction of sp³-hybridized carbons (Fsp3) is 0.500. The van der Waals surface area contributed by atoms with Gasteiger partial charge >= 0.3 is 0 Å². The molecular weight excluding hydrogens is 356 g/mol. The number of nitrogens with two attached hydrogens (primary N) is 2. The monoisotopic (exact) mass is 378 g/mol. The topological polar surface area (TPSA) is 125 Å². The largest absolute Gasteiger partial charge is 0.379 e. The highest BCUT2D eigenvalue weighted by molar-refractivity contribution is 5.85. The Morgan fingerprint density at radius 2 is 2.00 bits per heavy atom. The third kappa shape index (κ3) is 3.25. The first kappa shape index (κ1) is 18.6. The minimum absolute atomic E-state index is 0. The lowest BCUT2D eigenvalue weighted by Gasteiger charge is -2.30. The fourth-order valence-corrected chi connectivity index (χ4v) is 3.47. The normalized spacial score (nSPS) is 16.1. The van der Waals surface area contributed by atoms with E-state index in [1.165, 1.54) is 0 Å². The molecule has 1 aliphatic heterocycles. The molecule has 3 aromatic heterocycles. The molecule has 0 bridgehead atoms. The second kappa shape index (κ2) is 7.56. The molecule has 0 unspecified atom stereocenters. The van der Waals surface area contributed by atoms with E-state index in [0.29, 0.717) is 17.6 Å². The van der Waals surface area contributed by atoms with E-state index in [-0.39, 0.29) is 18.2 Å². The zero-order valence-electron chi connectivity index (χ0n) is 14.6. The van der Waals surface area contributed by atoms with Crippen LogP contribution < -0.4 is 11.5 Å². The maximum atomic E-state index is 6.01. The van der Waals surface area contributed by atoms with Crippen molar-refractivity contribution in [3.8, 4) is 11.5 Å². The van der Waals surface area contributed by atoms with Crippen molar-refractivity contribution in [3.05, 3.63) is 18.0 Å². The molecule has 0 amide bonds. The van der Waals surface area contributed by atoms with E-state index in [1.807, 2.05) is 6.20 Å². The molecule has 0 spiro atoms. The summed E-state index contributed by atoms with van der Waals surface area (Å²) >= 11 is 0. The predicted molar refractivity (Wildman–Crippen MR) is 101 cm³/mol. The molecule has 0 aromatic carbocycles. The number of nitrogens with zero attached hydrogens (tertiary/aromatic N) is 6. The van der Waals surface area contributed by atoms with E-state index >= 15 is 0 Å². The zero-order valence-corrected chi connectivity index (χ0v) is 15.4. The maximum Gasteiger partial charge on any atom is 0.199 e. The second-order valence-electron chi connectivity index (χ2n) is 6.46. The number of fused-ring (bicyclic) bond motifs is 1. The molecule has 0 saturated carbocycles. The molecule has 1 saturated heterocycles. The van der Waals surface area contributed by atoms with E-state index < -0.39 is 0 Å². The molecule has 3 aromatic rings. The molecule has 4 rings (SSSR count). The van der Waals surface area contributed by atoms with Gasteiger partial charge in [-0.15, -0.1) is 12.4 Å². The summed E-state index contributed by atoms with van der Waals surface area (Å²) in [5.41, 5.74) is 15.4. The number of rotatable bonds is 4. The molecule has 4 heterocycles. The average molecular weight is 379 g/mol. The van der Waals surface area contributed by atoms with Crippen molar-refractivity contribution in [1.82, 2.24) is 29.7 Å². The zero-order chi connectivity index (χ0) is 17.4. The Balaban J connectivity index is 0.00000196. The van der Waals surface area contributed by atoms with E-state index in [4.69, 9.17) is 16.1 Å². The number of hydrogen-bond acceptors (Lipinski definition) is 8. The highest BCUT2D eigenvalue weighted by Crippen LogP contribution is 2.28. The third-order valence-corrected chi connectivity index (χ3v) is 4.79. The average Bonchev–Trinajstić information content (AvgIpc) is 3.20. The van der Waals surface area contributed by atoms with Gasteiger partial charge in [-0.1, -0.05) is 0 Å². The van der Waals surface area contributed by atoms with Crippen molar-refractivity contribution >= 4 is 29.3 Å². The minimum atomic E-state index is 0. The number of aryl methyl sites for hydroxylation is 1. The van der Waals surface area contributed by atoms with Gasteiger partial charge in [0.2, 0.25) is 0 Å². The van der Waals surface area contributed by atoms with Crippen LogP contribution in [-0.4, -0.2) is 48.9 Å². The van der Waals surface area contributed by atoms with Crippen molar-refractivity contribution in [2.75, 3.05) is 18.8 Å². The van der Waals surface area contributed by atoms with Gasteiger partial charge in [-0.25, -0.2) is 9.61 Å². The third-order valence-electron chi connectivity index (χ3n) is 4.79. The molecule has 9 nitrogen and oxygen atoms in total. The van der Waals surface area contributed by atoms with Crippen molar-refractivity contribution in [2.24, 2.45) is 5.73 Å². The number of pyridine rings is 1. The van der Waals surface area contributed by atoms with Crippen LogP contribution in [0.2, 0.25) is 0 Å². The van der Waals surface area contributed by atoms with Gasteiger partial charge in [0.25, 0.3) is 0 Å². The number of aromatic nitrogens is 5. The smallest absolute Gasteiger partial charge is 0.199 e.